The van der Waals surface area contributed by atoms with E-state index < -0.39 is 12.1 Å². The molecule has 0 fully saturated rings. The number of nitrogens with one attached hydrogen (secondary N) is 1. The molecule has 0 saturated carbocycles. The van der Waals surface area contributed by atoms with Crippen LogP contribution in [0.15, 0.2) is 0 Å². The molecule has 0 atom stereocenters. The van der Waals surface area contributed by atoms with Gasteiger partial charge in [-0.15, -0.1) is 0 Å². The Labute approximate surface area is 51.1 Å². The predicted octanol–water partition coefficient (Wildman–Crippen LogP) is -1.93. The second kappa shape index (κ2) is 3.81. The Balaban J connectivity index is 3.39. The van der Waals surface area contributed by atoms with Gasteiger partial charge >= 0.3 is 12.1 Å². The lowest BCUT2D eigenvalue weighted by Gasteiger charge is -1.95. The van der Waals surface area contributed by atoms with Gasteiger partial charge in [-0.05, 0) is 0 Å². The van der Waals surface area contributed by atoms with Crippen molar-refractivity contribution in [3.63, 3.8) is 0 Å². The molecule has 0 aromatic rings. The van der Waals surface area contributed by atoms with Gasteiger partial charge in [-0.2, -0.15) is 0 Å². The number of amides is 1. The molecule has 0 aromatic carbocycles. The third-order valence-electron chi connectivity index (χ3n) is 0.461. The van der Waals surface area contributed by atoms with E-state index in [1.165, 1.54) is 0 Å². The van der Waals surface area contributed by atoms with Crippen molar-refractivity contribution in [1.82, 2.24) is 5.43 Å². The van der Waals surface area contributed by atoms with Crippen molar-refractivity contribution >= 4 is 12.1 Å². The summed E-state index contributed by atoms with van der Waals surface area (Å²) in [4.78, 5) is 20.0. The van der Waals surface area contributed by atoms with Crippen molar-refractivity contribution in [2.45, 2.75) is 0 Å². The first kappa shape index (κ1) is 7.86. The van der Waals surface area contributed by atoms with Gasteiger partial charge in [-0.25, -0.2) is 10.2 Å². The first-order valence-electron chi connectivity index (χ1n) is 2.10. The van der Waals surface area contributed by atoms with Gasteiger partial charge in [0.2, 0.25) is 0 Å². The normalized spacial score (nSPS) is 8.56. The fourth-order valence-corrected chi connectivity index (χ4v) is 0.232. The van der Waals surface area contributed by atoms with Crippen molar-refractivity contribution in [3.8, 4) is 0 Å². The van der Waals surface area contributed by atoms with E-state index in [-0.39, 0.29) is 6.54 Å². The van der Waals surface area contributed by atoms with E-state index in [1.54, 1.807) is 0 Å². The number of esters is 1. The molecule has 9 heavy (non-hydrogen) atoms. The summed E-state index contributed by atoms with van der Waals surface area (Å²) in [7, 11) is 0. The highest BCUT2D eigenvalue weighted by Gasteiger charge is 2.02. The highest BCUT2D eigenvalue weighted by atomic mass is 16.6. The molecule has 0 spiro atoms. The summed E-state index contributed by atoms with van der Waals surface area (Å²) in [5.74, 6) is 3.90. The number of primary amides is 1. The minimum atomic E-state index is -1.13. The maximum atomic E-state index is 10.2. The molecule has 0 unspecified atom stereocenters. The van der Waals surface area contributed by atoms with Crippen LogP contribution in [0, 0.1) is 0 Å². The Hall–Kier alpha value is -1.14. The predicted molar refractivity (Wildman–Crippen MR) is 27.9 cm³/mol. The number of hydrazine groups is 1. The molecule has 0 rings (SSSR count). The van der Waals surface area contributed by atoms with Gasteiger partial charge in [0.05, 0.1) is 0 Å². The van der Waals surface area contributed by atoms with Crippen LogP contribution in [0.1, 0.15) is 0 Å². The van der Waals surface area contributed by atoms with Crippen LogP contribution in [-0.2, 0) is 9.53 Å². The summed E-state index contributed by atoms with van der Waals surface area (Å²) in [6.07, 6.45) is -1.13. The molecular formula is C3H7N3O3. The van der Waals surface area contributed by atoms with Crippen LogP contribution in [0.2, 0.25) is 0 Å². The van der Waals surface area contributed by atoms with Gasteiger partial charge in [0, 0.05) is 0 Å². The van der Waals surface area contributed by atoms with Gasteiger partial charge in [-0.1, -0.05) is 0 Å². The zero-order valence-corrected chi connectivity index (χ0v) is 4.59. The van der Waals surface area contributed by atoms with Gasteiger partial charge in [0.15, 0.2) is 0 Å². The van der Waals surface area contributed by atoms with E-state index in [9.17, 15) is 9.59 Å². The maximum Gasteiger partial charge on any atom is 0.412 e. The average Bonchev–Trinajstić information content (AvgIpc) is 1.63. The van der Waals surface area contributed by atoms with Crippen molar-refractivity contribution in [3.05, 3.63) is 0 Å². The topological polar surface area (TPSA) is 107 Å². The lowest BCUT2D eigenvalue weighted by molar-refractivity contribution is -0.136. The zero-order chi connectivity index (χ0) is 7.28. The van der Waals surface area contributed by atoms with Crippen molar-refractivity contribution in [2.75, 3.05) is 6.54 Å². The van der Waals surface area contributed by atoms with Crippen molar-refractivity contribution < 1.29 is 14.3 Å². The second-order valence-electron chi connectivity index (χ2n) is 1.17. The second-order valence-corrected chi connectivity index (χ2v) is 1.17. The molecule has 0 aliphatic rings. The Morgan fingerprint density at radius 1 is 1.56 bits per heavy atom. The molecule has 0 aromatic heterocycles. The molecule has 0 bridgehead atoms. The van der Waals surface area contributed by atoms with E-state index in [4.69, 9.17) is 5.84 Å². The van der Waals surface area contributed by atoms with Gasteiger partial charge < -0.3 is 10.5 Å². The van der Waals surface area contributed by atoms with Crippen LogP contribution >= 0.6 is 0 Å². The molecular weight excluding hydrogens is 126 g/mol. The molecule has 0 saturated heterocycles. The van der Waals surface area contributed by atoms with Crippen LogP contribution in [-0.4, -0.2) is 18.6 Å². The molecule has 5 N–H and O–H groups in total. The zero-order valence-electron chi connectivity index (χ0n) is 4.59. The first-order valence-corrected chi connectivity index (χ1v) is 2.10. The molecule has 0 aliphatic heterocycles. The summed E-state index contributed by atoms with van der Waals surface area (Å²) in [5, 5.41) is 0. The van der Waals surface area contributed by atoms with Crippen LogP contribution in [0.25, 0.3) is 0 Å². The Bertz CT molecular complexity index is 123. The molecule has 0 radical (unpaired) electrons. The summed E-state index contributed by atoms with van der Waals surface area (Å²) in [6, 6.07) is 0. The third kappa shape index (κ3) is 4.72. The van der Waals surface area contributed by atoms with E-state index in [0.29, 0.717) is 0 Å². The van der Waals surface area contributed by atoms with Crippen LogP contribution in [0.5, 0.6) is 0 Å². The summed E-state index contributed by atoms with van der Waals surface area (Å²) in [6.45, 7) is -0.233. The largest absolute Gasteiger partial charge is 0.412 e. The van der Waals surface area contributed by atoms with Crippen molar-refractivity contribution in [1.29, 1.82) is 0 Å². The number of hydrogen-bond donors (Lipinski definition) is 3. The smallest absolute Gasteiger partial charge is 0.375 e. The van der Waals surface area contributed by atoms with Gasteiger partial charge in [0.25, 0.3) is 0 Å². The Morgan fingerprint density at radius 3 is 2.44 bits per heavy atom. The summed E-state index contributed by atoms with van der Waals surface area (Å²) in [5.41, 5.74) is 6.46. The Morgan fingerprint density at radius 2 is 2.11 bits per heavy atom. The SMILES string of the molecule is NNCC(=O)OC(N)=O. The van der Waals surface area contributed by atoms with E-state index in [1.807, 2.05) is 5.43 Å². The monoisotopic (exact) mass is 133 g/mol. The van der Waals surface area contributed by atoms with E-state index in [0.717, 1.165) is 0 Å². The van der Waals surface area contributed by atoms with Crippen LogP contribution in [0.4, 0.5) is 4.79 Å². The fourth-order valence-electron chi connectivity index (χ4n) is 0.232. The quantitative estimate of drug-likeness (QED) is 0.176. The van der Waals surface area contributed by atoms with E-state index >= 15 is 0 Å². The fraction of sp³-hybridized carbons (Fsp3) is 0.333. The van der Waals surface area contributed by atoms with Crippen molar-refractivity contribution in [2.24, 2.45) is 11.6 Å². The highest BCUT2D eigenvalue weighted by molar-refractivity contribution is 5.84. The number of hydrogen-bond acceptors (Lipinski definition) is 5. The molecule has 0 aliphatic carbocycles. The molecule has 0 heterocycles. The average molecular weight is 133 g/mol. The summed E-state index contributed by atoms with van der Waals surface area (Å²) >= 11 is 0. The minimum Gasteiger partial charge on any atom is -0.375 e. The summed E-state index contributed by atoms with van der Waals surface area (Å²) < 4.78 is 3.85. The molecule has 1 amide bonds. The number of carbonyl (C=O) groups excluding carboxylic acids is 2. The van der Waals surface area contributed by atoms with Gasteiger partial charge in [-0.3, -0.25) is 10.6 Å². The molecule has 6 nitrogen and oxygen atoms in total. The lowest BCUT2D eigenvalue weighted by atomic mass is 10.7. The maximum absolute atomic E-state index is 10.2. The van der Waals surface area contributed by atoms with Crippen LogP contribution in [0.3, 0.4) is 0 Å². The van der Waals surface area contributed by atoms with Crippen LogP contribution < -0.4 is 17.0 Å². The Kier molecular flexibility index (Phi) is 3.33. The number of ether oxygens (including phenoxy) is 1. The first-order chi connectivity index (χ1) is 4.16. The van der Waals surface area contributed by atoms with Gasteiger partial charge in [0.1, 0.15) is 6.54 Å². The molecule has 6 heteroatoms. The number of nitrogens with two attached hydrogens (primary N) is 2. The minimum absolute atomic E-state index is 0.233. The van der Waals surface area contributed by atoms with E-state index in [2.05, 4.69) is 10.5 Å². The standard InChI is InChI=1S/C3H7N3O3/c4-3(8)9-2(7)1-6-5/h6H,1,5H2,(H2,4,8). The molecule has 52 valence electrons. The number of carbonyl (C=O) groups is 2. The third-order valence-corrected chi connectivity index (χ3v) is 0.461. The highest BCUT2D eigenvalue weighted by Crippen LogP contribution is 1.72. The number of rotatable bonds is 2. The lowest BCUT2D eigenvalue weighted by Crippen LogP contribution is -2.32.